The number of anilines is 1. The number of aromatic nitrogens is 2. The van der Waals surface area contributed by atoms with Gasteiger partial charge < -0.3 is 14.5 Å². The number of rotatable bonds is 10. The van der Waals surface area contributed by atoms with Crippen molar-refractivity contribution < 1.29 is 18.0 Å². The van der Waals surface area contributed by atoms with Crippen LogP contribution in [0.15, 0.2) is 40.4 Å². The number of ether oxygens (including phenoxy) is 1. The maximum absolute atomic E-state index is 13.4. The Morgan fingerprint density at radius 2 is 1.94 bits per heavy atom. The minimum atomic E-state index is -3.35. The summed E-state index contributed by atoms with van der Waals surface area (Å²) in [7, 11) is -3.35. The lowest BCUT2D eigenvalue weighted by atomic mass is 10.2. The van der Waals surface area contributed by atoms with Crippen LogP contribution in [0.4, 0.5) is 5.69 Å². The molecule has 0 radical (unpaired) electrons. The summed E-state index contributed by atoms with van der Waals surface area (Å²) in [6, 6.07) is 6.83. The first-order valence-electron chi connectivity index (χ1n) is 11.6. The van der Waals surface area contributed by atoms with Crippen molar-refractivity contribution in [3.63, 3.8) is 0 Å². The molecule has 1 saturated heterocycles. The zero-order valence-corrected chi connectivity index (χ0v) is 22.0. The van der Waals surface area contributed by atoms with Gasteiger partial charge in [0.25, 0.3) is 0 Å². The van der Waals surface area contributed by atoms with E-state index in [0.717, 1.165) is 5.71 Å². The molecule has 0 unspecified atom stereocenters. The number of nitrogens with zero attached hydrogens (tertiary/aromatic N) is 5. The molecule has 35 heavy (non-hydrogen) atoms. The summed E-state index contributed by atoms with van der Waals surface area (Å²) in [4.78, 5) is 20.4. The largest absolute Gasteiger partial charge is 0.486 e. The number of oxime groups is 1. The molecule has 1 aromatic carbocycles. The van der Waals surface area contributed by atoms with Gasteiger partial charge in [-0.3, -0.25) is 4.79 Å². The molecule has 1 aromatic heterocycles. The van der Waals surface area contributed by atoms with Crippen LogP contribution in [0.2, 0.25) is 5.02 Å². The van der Waals surface area contributed by atoms with Crippen LogP contribution in [0.3, 0.4) is 0 Å². The normalized spacial score (nSPS) is 15.5. The molecule has 2 aromatic rings. The number of hydrogen-bond acceptors (Lipinski definition) is 8. The Bertz CT molecular complexity index is 1210. The molecule has 0 saturated carbocycles. The molecule has 0 bridgehead atoms. The first-order valence-corrected chi connectivity index (χ1v) is 13.4. The summed E-state index contributed by atoms with van der Waals surface area (Å²) >= 11 is 6.11. The molecule has 1 aliphatic heterocycles. The molecular weight excluding hydrogens is 494 g/mol. The van der Waals surface area contributed by atoms with E-state index in [-0.39, 0.29) is 12.4 Å². The van der Waals surface area contributed by atoms with Gasteiger partial charge in [0.2, 0.25) is 15.8 Å². The lowest BCUT2D eigenvalue weighted by Gasteiger charge is -2.36. The minimum absolute atomic E-state index is 0.143. The summed E-state index contributed by atoms with van der Waals surface area (Å²) in [5, 5.41) is 8.33. The molecule has 2 heterocycles. The molecule has 0 amide bonds. The van der Waals surface area contributed by atoms with Crippen LogP contribution >= 0.6 is 11.6 Å². The maximum Gasteiger partial charge on any atom is 0.316 e. The second-order valence-electron chi connectivity index (χ2n) is 8.38. The molecule has 3 rings (SSSR count). The number of sulfonamides is 1. The molecule has 0 atom stereocenters. The van der Waals surface area contributed by atoms with Crippen LogP contribution in [-0.4, -0.2) is 72.9 Å². The first-order chi connectivity index (χ1) is 16.6. The summed E-state index contributed by atoms with van der Waals surface area (Å²) in [6.45, 7) is 9.15. The SMILES string of the molecule is CCO/N=C(\C)CCOc1c(N2CCN(S(=O)(=O)C(C)C)CC2)cnn(-c2cccc(Cl)c2)c1=O. The third-order valence-electron chi connectivity index (χ3n) is 5.56. The lowest BCUT2D eigenvalue weighted by Crippen LogP contribution is -2.50. The Morgan fingerprint density at radius 3 is 2.57 bits per heavy atom. The van der Waals surface area contributed by atoms with Crippen molar-refractivity contribution in [1.29, 1.82) is 0 Å². The Hall–Kier alpha value is -2.63. The fraction of sp³-hybridized carbons (Fsp3) is 0.522. The molecule has 10 nitrogen and oxygen atoms in total. The van der Waals surface area contributed by atoms with Crippen LogP contribution in [0.1, 0.15) is 34.1 Å². The van der Waals surface area contributed by atoms with Gasteiger partial charge in [0, 0.05) is 37.6 Å². The number of hydrogen-bond donors (Lipinski definition) is 0. The topological polar surface area (TPSA) is 106 Å². The fourth-order valence-electron chi connectivity index (χ4n) is 3.58. The predicted molar refractivity (Wildman–Crippen MR) is 138 cm³/mol. The summed E-state index contributed by atoms with van der Waals surface area (Å²) in [5.74, 6) is 0.143. The highest BCUT2D eigenvalue weighted by Crippen LogP contribution is 2.27. The second kappa shape index (κ2) is 11.9. The van der Waals surface area contributed by atoms with Gasteiger partial charge in [-0.2, -0.15) is 14.1 Å². The zero-order valence-electron chi connectivity index (χ0n) is 20.5. The molecule has 192 valence electrons. The predicted octanol–water partition coefficient (Wildman–Crippen LogP) is 2.93. The van der Waals surface area contributed by atoms with Crippen molar-refractivity contribution in [3.8, 4) is 11.4 Å². The first kappa shape index (κ1) is 27.0. The van der Waals surface area contributed by atoms with E-state index in [1.54, 1.807) is 44.3 Å². The van der Waals surface area contributed by atoms with Crippen molar-refractivity contribution in [2.24, 2.45) is 5.16 Å². The highest BCUT2D eigenvalue weighted by molar-refractivity contribution is 7.89. The molecule has 12 heteroatoms. The summed E-state index contributed by atoms with van der Waals surface area (Å²) in [5.41, 5.74) is 1.35. The molecule has 0 spiro atoms. The van der Waals surface area contributed by atoms with Crippen molar-refractivity contribution in [2.75, 3.05) is 44.3 Å². The van der Waals surface area contributed by atoms with E-state index < -0.39 is 20.8 Å². The van der Waals surface area contributed by atoms with E-state index in [1.807, 2.05) is 18.7 Å². The second-order valence-corrected chi connectivity index (χ2v) is 11.3. The van der Waals surface area contributed by atoms with E-state index in [4.69, 9.17) is 21.2 Å². The van der Waals surface area contributed by atoms with Crippen molar-refractivity contribution >= 4 is 33.0 Å². The van der Waals surface area contributed by atoms with Gasteiger partial charge in [-0.25, -0.2) is 8.42 Å². The van der Waals surface area contributed by atoms with Crippen LogP contribution in [-0.2, 0) is 14.9 Å². The Morgan fingerprint density at radius 1 is 1.23 bits per heavy atom. The molecule has 0 aliphatic carbocycles. The zero-order chi connectivity index (χ0) is 25.6. The van der Waals surface area contributed by atoms with Gasteiger partial charge in [0.05, 0.1) is 29.5 Å². The third-order valence-corrected chi connectivity index (χ3v) is 8.07. The summed E-state index contributed by atoms with van der Waals surface area (Å²) in [6.07, 6.45) is 2.05. The van der Waals surface area contributed by atoms with Gasteiger partial charge in [-0.05, 0) is 45.9 Å². The summed E-state index contributed by atoms with van der Waals surface area (Å²) < 4.78 is 33.8. The van der Waals surface area contributed by atoms with Gasteiger partial charge >= 0.3 is 5.56 Å². The standard InChI is InChI=1S/C23H32ClN5O5S/c1-5-34-26-18(4)9-14-33-22-21(27-10-12-28(13-11-27)35(31,32)17(2)3)16-25-29(23(22)30)20-8-6-7-19(24)15-20/h6-8,15-17H,5,9-14H2,1-4H3/b26-18+. The van der Waals surface area contributed by atoms with Crippen LogP contribution in [0.5, 0.6) is 5.75 Å². The maximum atomic E-state index is 13.4. The van der Waals surface area contributed by atoms with Gasteiger partial charge in [0.15, 0.2) is 0 Å². The van der Waals surface area contributed by atoms with Crippen molar-refractivity contribution in [1.82, 2.24) is 14.1 Å². The molecule has 0 N–H and O–H groups in total. The molecule has 1 fully saturated rings. The monoisotopic (exact) mass is 525 g/mol. The van der Waals surface area contributed by atoms with Crippen molar-refractivity contribution in [2.45, 2.75) is 39.4 Å². The van der Waals surface area contributed by atoms with E-state index in [2.05, 4.69) is 10.3 Å². The lowest BCUT2D eigenvalue weighted by molar-refractivity contribution is 0.157. The average Bonchev–Trinajstić information content (AvgIpc) is 2.83. The highest BCUT2D eigenvalue weighted by atomic mass is 35.5. The smallest absolute Gasteiger partial charge is 0.316 e. The number of halogens is 1. The van der Waals surface area contributed by atoms with Crippen molar-refractivity contribution in [3.05, 3.63) is 45.8 Å². The Kier molecular flexibility index (Phi) is 9.15. The number of piperazine rings is 1. The minimum Gasteiger partial charge on any atom is -0.486 e. The third kappa shape index (κ3) is 6.53. The number of benzene rings is 1. The Balaban J connectivity index is 1.89. The molecular formula is C23H32ClN5O5S. The van der Waals surface area contributed by atoms with E-state index in [1.165, 1.54) is 8.99 Å². The van der Waals surface area contributed by atoms with E-state index >= 15 is 0 Å². The van der Waals surface area contributed by atoms with E-state index in [0.29, 0.717) is 55.6 Å². The van der Waals surface area contributed by atoms with Gasteiger partial charge in [-0.15, -0.1) is 0 Å². The molecule has 1 aliphatic rings. The van der Waals surface area contributed by atoms with Gasteiger partial charge in [0.1, 0.15) is 12.3 Å². The quantitative estimate of drug-likeness (QED) is 0.347. The van der Waals surface area contributed by atoms with Crippen LogP contribution < -0.4 is 15.2 Å². The highest BCUT2D eigenvalue weighted by Gasteiger charge is 2.31. The van der Waals surface area contributed by atoms with E-state index in [9.17, 15) is 13.2 Å². The fourth-order valence-corrected chi connectivity index (χ4v) is 5.04. The van der Waals surface area contributed by atoms with Crippen LogP contribution in [0.25, 0.3) is 5.69 Å². The Labute approximate surface area is 211 Å². The van der Waals surface area contributed by atoms with Gasteiger partial charge in [-0.1, -0.05) is 22.8 Å². The van der Waals surface area contributed by atoms with Crippen LogP contribution in [0, 0.1) is 0 Å². The average molecular weight is 526 g/mol.